The highest BCUT2D eigenvalue weighted by Crippen LogP contribution is 2.36. The number of carbonyl (C=O) groups is 1. The lowest BCUT2D eigenvalue weighted by Gasteiger charge is -2.26. The highest BCUT2D eigenvalue weighted by molar-refractivity contribution is 6.32. The third-order valence-electron chi connectivity index (χ3n) is 2.90. The molecule has 0 spiro atoms. The molecule has 9 heteroatoms. The van der Waals surface area contributed by atoms with Crippen LogP contribution in [-0.2, 0) is 9.53 Å². The molecule has 21 heavy (non-hydrogen) atoms. The van der Waals surface area contributed by atoms with Crippen LogP contribution in [0.2, 0.25) is 5.02 Å². The Morgan fingerprint density at radius 3 is 2.67 bits per heavy atom. The summed E-state index contributed by atoms with van der Waals surface area (Å²) in [6.07, 6.45) is -8.72. The van der Waals surface area contributed by atoms with Gasteiger partial charge in [0.2, 0.25) is 6.23 Å². The van der Waals surface area contributed by atoms with E-state index in [1.807, 2.05) is 0 Å². The number of carboxylic acids is 1. The van der Waals surface area contributed by atoms with E-state index >= 15 is 0 Å². The molecule has 0 amide bonds. The zero-order chi connectivity index (χ0) is 15.8. The fourth-order valence-electron chi connectivity index (χ4n) is 1.95. The van der Waals surface area contributed by atoms with E-state index in [0.29, 0.717) is 0 Å². The van der Waals surface area contributed by atoms with Crippen LogP contribution in [0.4, 0.5) is 18.9 Å². The molecule has 1 fully saturated rings. The number of hydrogen-bond acceptors (Lipinski definition) is 4. The topological polar surface area (TPSA) is 73.6 Å². The summed E-state index contributed by atoms with van der Waals surface area (Å²) in [5.41, 5.74) is 0.143. The molecule has 2 rings (SSSR count). The molecular weight excluding hydrogens is 313 g/mol. The van der Waals surface area contributed by atoms with E-state index in [0.717, 1.165) is 4.90 Å². The van der Waals surface area contributed by atoms with Crippen LogP contribution in [0.25, 0.3) is 0 Å². The van der Waals surface area contributed by atoms with Gasteiger partial charge >= 0.3 is 12.1 Å². The van der Waals surface area contributed by atoms with Crippen molar-refractivity contribution in [2.45, 2.75) is 18.5 Å². The van der Waals surface area contributed by atoms with Gasteiger partial charge in [0, 0.05) is 5.69 Å². The number of carboxylic acid groups (broad SMARTS) is 1. The van der Waals surface area contributed by atoms with Crippen LogP contribution in [0.15, 0.2) is 18.2 Å². The van der Waals surface area contributed by atoms with E-state index in [4.69, 9.17) is 22.0 Å². The van der Waals surface area contributed by atoms with Gasteiger partial charge in [0.25, 0.3) is 0 Å². The highest BCUT2D eigenvalue weighted by atomic mass is 35.5. The normalized spacial score (nSPS) is 22.1. The van der Waals surface area contributed by atoms with Crippen LogP contribution in [-0.4, -0.2) is 36.1 Å². The number of hydrogen-bond donors (Lipinski definition) is 1. The lowest BCUT2D eigenvalue weighted by atomic mass is 10.2. The molecule has 1 aliphatic rings. The van der Waals surface area contributed by atoms with Crippen molar-refractivity contribution in [3.63, 3.8) is 0 Å². The number of nitrogens with zero attached hydrogens (tertiary/aromatic N) is 2. The number of halogens is 4. The molecule has 0 aliphatic carbocycles. The minimum Gasteiger partial charge on any atom is -0.479 e. The Bertz CT molecular complexity index is 615. The Kier molecular flexibility index (Phi) is 3.98. The minimum absolute atomic E-state index is 0.0188. The molecule has 1 aromatic carbocycles. The number of nitriles is 1. The molecule has 2 atom stereocenters. The Labute approximate surface area is 122 Å². The Morgan fingerprint density at radius 1 is 1.52 bits per heavy atom. The summed E-state index contributed by atoms with van der Waals surface area (Å²) in [5.74, 6) is -1.48. The van der Waals surface area contributed by atoms with Gasteiger partial charge in [-0.25, -0.2) is 4.79 Å². The standard InChI is InChI=1S/C12H8ClF3N2O3/c13-8-3-7(2-1-6(8)4-17)18-5-9(10(19)20)21-11(18)12(14,15)16/h1-3,9,11H,5H2,(H,19,20)/t9-,11+/m0/s1. The van der Waals surface area contributed by atoms with Gasteiger partial charge in [0.05, 0.1) is 17.1 Å². The first kappa shape index (κ1) is 15.4. The molecule has 0 aromatic heterocycles. The predicted octanol–water partition coefficient (Wildman–Crippen LogP) is 2.39. The van der Waals surface area contributed by atoms with Gasteiger partial charge in [-0.2, -0.15) is 18.4 Å². The quantitative estimate of drug-likeness (QED) is 0.905. The lowest BCUT2D eigenvalue weighted by Crippen LogP contribution is -2.42. The molecule has 1 heterocycles. The summed E-state index contributed by atoms with van der Waals surface area (Å²) in [5, 5.41) is 17.5. The van der Waals surface area contributed by atoms with Crippen molar-refractivity contribution in [2.24, 2.45) is 0 Å². The number of rotatable bonds is 2. The average Bonchev–Trinajstić information content (AvgIpc) is 2.83. The molecule has 0 bridgehead atoms. The van der Waals surface area contributed by atoms with Crippen LogP contribution in [0.3, 0.4) is 0 Å². The summed E-state index contributed by atoms with van der Waals surface area (Å²) >= 11 is 5.78. The van der Waals surface area contributed by atoms with Crippen molar-refractivity contribution in [2.75, 3.05) is 11.4 Å². The predicted molar refractivity (Wildman–Crippen MR) is 65.9 cm³/mol. The number of aliphatic carboxylic acids is 1. The number of ether oxygens (including phenoxy) is 1. The Morgan fingerprint density at radius 2 is 2.19 bits per heavy atom. The van der Waals surface area contributed by atoms with Crippen LogP contribution in [0.1, 0.15) is 5.56 Å². The van der Waals surface area contributed by atoms with E-state index < -0.39 is 31.0 Å². The Balaban J connectivity index is 2.38. The fourth-order valence-corrected chi connectivity index (χ4v) is 2.17. The molecule has 1 aromatic rings. The van der Waals surface area contributed by atoms with Crippen molar-refractivity contribution in [3.05, 3.63) is 28.8 Å². The molecule has 112 valence electrons. The maximum atomic E-state index is 12.9. The minimum atomic E-state index is -4.76. The van der Waals surface area contributed by atoms with Crippen LogP contribution in [0, 0.1) is 11.3 Å². The Hall–Kier alpha value is -1.98. The van der Waals surface area contributed by atoms with Gasteiger partial charge in [0.1, 0.15) is 6.07 Å². The maximum absolute atomic E-state index is 12.9. The third-order valence-corrected chi connectivity index (χ3v) is 3.21. The second kappa shape index (κ2) is 5.42. The third kappa shape index (κ3) is 3.04. The number of alkyl halides is 3. The summed E-state index contributed by atoms with van der Waals surface area (Å²) in [7, 11) is 0. The summed E-state index contributed by atoms with van der Waals surface area (Å²) in [6, 6.07) is 5.48. The first-order valence-electron chi connectivity index (χ1n) is 5.65. The summed E-state index contributed by atoms with van der Waals surface area (Å²) in [4.78, 5) is 11.6. The monoisotopic (exact) mass is 320 g/mol. The first-order chi connectivity index (χ1) is 9.74. The molecular formula is C12H8ClF3N2O3. The van der Waals surface area contributed by atoms with Gasteiger partial charge in [-0.3, -0.25) is 0 Å². The SMILES string of the molecule is N#Cc1ccc(N2C[C@@H](C(=O)O)O[C@@H]2C(F)(F)F)cc1Cl. The van der Waals surface area contributed by atoms with Gasteiger partial charge in [-0.05, 0) is 18.2 Å². The molecule has 1 saturated heterocycles. The molecule has 0 radical (unpaired) electrons. The van der Waals surface area contributed by atoms with E-state index in [9.17, 15) is 18.0 Å². The van der Waals surface area contributed by atoms with Crippen molar-refractivity contribution in [1.29, 1.82) is 5.26 Å². The van der Waals surface area contributed by atoms with Crippen molar-refractivity contribution < 1.29 is 27.8 Å². The second-order valence-electron chi connectivity index (χ2n) is 4.29. The summed E-state index contributed by atoms with van der Waals surface area (Å²) < 4.78 is 43.3. The number of anilines is 1. The van der Waals surface area contributed by atoms with E-state index in [1.54, 1.807) is 6.07 Å². The average molecular weight is 321 g/mol. The van der Waals surface area contributed by atoms with Crippen LogP contribution < -0.4 is 4.90 Å². The fraction of sp³-hybridized carbons (Fsp3) is 0.333. The zero-order valence-corrected chi connectivity index (χ0v) is 11.0. The maximum Gasteiger partial charge on any atom is 0.433 e. The molecule has 1 N–H and O–H groups in total. The first-order valence-corrected chi connectivity index (χ1v) is 6.03. The molecule has 1 aliphatic heterocycles. The van der Waals surface area contributed by atoms with Crippen LogP contribution >= 0.6 is 11.6 Å². The highest BCUT2D eigenvalue weighted by Gasteiger charge is 2.52. The van der Waals surface area contributed by atoms with Gasteiger partial charge in [-0.1, -0.05) is 11.6 Å². The van der Waals surface area contributed by atoms with Gasteiger partial charge in [-0.15, -0.1) is 0 Å². The summed E-state index contributed by atoms with van der Waals surface area (Å²) in [6.45, 7) is -0.470. The van der Waals surface area contributed by atoms with E-state index in [2.05, 4.69) is 4.74 Å². The largest absolute Gasteiger partial charge is 0.479 e. The van der Waals surface area contributed by atoms with E-state index in [-0.39, 0.29) is 16.3 Å². The van der Waals surface area contributed by atoms with Crippen molar-refractivity contribution in [3.8, 4) is 6.07 Å². The van der Waals surface area contributed by atoms with Crippen molar-refractivity contribution in [1.82, 2.24) is 0 Å². The number of benzene rings is 1. The van der Waals surface area contributed by atoms with E-state index in [1.165, 1.54) is 18.2 Å². The lowest BCUT2D eigenvalue weighted by molar-refractivity contribution is -0.215. The molecule has 0 unspecified atom stereocenters. The van der Waals surface area contributed by atoms with Crippen LogP contribution in [0.5, 0.6) is 0 Å². The molecule has 0 saturated carbocycles. The van der Waals surface area contributed by atoms with Gasteiger partial charge in [0.15, 0.2) is 6.10 Å². The smallest absolute Gasteiger partial charge is 0.433 e. The zero-order valence-electron chi connectivity index (χ0n) is 10.3. The van der Waals surface area contributed by atoms with Gasteiger partial charge < -0.3 is 14.7 Å². The second-order valence-corrected chi connectivity index (χ2v) is 4.69. The van der Waals surface area contributed by atoms with Crippen molar-refractivity contribution >= 4 is 23.3 Å². The molecule has 5 nitrogen and oxygen atoms in total.